The van der Waals surface area contributed by atoms with Gasteiger partial charge in [-0.1, -0.05) is 6.92 Å². The number of hydrogen-bond donors (Lipinski definition) is 3. The summed E-state index contributed by atoms with van der Waals surface area (Å²) in [5, 5.41) is 3.04. The van der Waals surface area contributed by atoms with E-state index in [1.165, 1.54) is 0 Å². The first-order valence-electron chi connectivity index (χ1n) is 4.61. The third kappa shape index (κ3) is 5.20. The zero-order valence-corrected chi connectivity index (χ0v) is 8.65. The highest BCUT2D eigenvalue weighted by molar-refractivity contribution is 7.87. The lowest BCUT2D eigenvalue weighted by atomic mass is 10.6. The molecule has 0 atom stereocenters. The van der Waals surface area contributed by atoms with Crippen LogP contribution in [0.25, 0.3) is 0 Å². The van der Waals surface area contributed by atoms with Gasteiger partial charge < -0.3 is 5.32 Å². The quantitative estimate of drug-likeness (QED) is 0.478. The zero-order valence-electron chi connectivity index (χ0n) is 7.84. The van der Waals surface area contributed by atoms with E-state index in [-0.39, 0.29) is 6.04 Å². The molecule has 0 aromatic rings. The molecule has 0 aromatic heterocycles. The highest BCUT2D eigenvalue weighted by atomic mass is 32.2. The second kappa shape index (κ2) is 4.90. The van der Waals surface area contributed by atoms with Crippen molar-refractivity contribution in [2.45, 2.75) is 25.8 Å². The van der Waals surface area contributed by atoms with Gasteiger partial charge in [0.1, 0.15) is 0 Å². The summed E-state index contributed by atoms with van der Waals surface area (Å²) in [6.45, 7) is 3.95. The van der Waals surface area contributed by atoms with Crippen LogP contribution in [0.3, 0.4) is 0 Å². The Morgan fingerprint density at radius 3 is 2.54 bits per heavy atom. The highest BCUT2D eigenvalue weighted by Crippen LogP contribution is 2.19. The van der Waals surface area contributed by atoms with Crippen LogP contribution in [0.1, 0.15) is 19.8 Å². The zero-order chi connectivity index (χ0) is 9.73. The Bertz CT molecular complexity index is 236. The van der Waals surface area contributed by atoms with Crippen molar-refractivity contribution in [3.8, 4) is 0 Å². The van der Waals surface area contributed by atoms with Crippen LogP contribution >= 0.6 is 0 Å². The van der Waals surface area contributed by atoms with E-state index in [1.54, 1.807) is 0 Å². The summed E-state index contributed by atoms with van der Waals surface area (Å²) >= 11 is 0. The van der Waals surface area contributed by atoms with Crippen LogP contribution in [-0.4, -0.2) is 34.1 Å². The maximum atomic E-state index is 11.2. The third-order valence-electron chi connectivity index (χ3n) is 1.74. The monoisotopic (exact) mass is 207 g/mol. The smallest absolute Gasteiger partial charge is 0.277 e. The molecule has 3 N–H and O–H groups in total. The maximum absolute atomic E-state index is 11.2. The fourth-order valence-electron chi connectivity index (χ4n) is 0.913. The van der Waals surface area contributed by atoms with E-state index < -0.39 is 10.2 Å². The van der Waals surface area contributed by atoms with Crippen molar-refractivity contribution < 1.29 is 8.42 Å². The van der Waals surface area contributed by atoms with E-state index in [1.807, 2.05) is 6.92 Å². The van der Waals surface area contributed by atoms with E-state index in [4.69, 9.17) is 0 Å². The molecule has 0 aliphatic heterocycles. The lowest BCUT2D eigenvalue weighted by Crippen LogP contribution is -2.40. The molecule has 0 radical (unpaired) electrons. The largest absolute Gasteiger partial charge is 0.316 e. The van der Waals surface area contributed by atoms with Crippen molar-refractivity contribution in [2.24, 2.45) is 0 Å². The Balaban J connectivity index is 2.10. The molecule has 0 amide bonds. The van der Waals surface area contributed by atoms with Gasteiger partial charge in [-0.15, -0.1) is 0 Å². The van der Waals surface area contributed by atoms with E-state index in [0.29, 0.717) is 13.1 Å². The summed E-state index contributed by atoms with van der Waals surface area (Å²) < 4.78 is 27.4. The van der Waals surface area contributed by atoms with Crippen molar-refractivity contribution in [1.29, 1.82) is 0 Å². The average Bonchev–Trinajstić information content (AvgIpc) is 2.81. The van der Waals surface area contributed by atoms with E-state index in [9.17, 15) is 8.42 Å². The number of hydrogen-bond acceptors (Lipinski definition) is 3. The summed E-state index contributed by atoms with van der Waals surface area (Å²) in [7, 11) is -3.24. The van der Waals surface area contributed by atoms with Crippen LogP contribution in [0.5, 0.6) is 0 Å². The van der Waals surface area contributed by atoms with Gasteiger partial charge in [0, 0.05) is 19.1 Å². The van der Waals surface area contributed by atoms with Gasteiger partial charge in [-0.05, 0) is 19.4 Å². The lowest BCUT2D eigenvalue weighted by Gasteiger charge is -2.06. The topological polar surface area (TPSA) is 70.2 Å². The molecule has 0 unspecified atom stereocenters. The lowest BCUT2D eigenvalue weighted by molar-refractivity contribution is 0.562. The number of likely N-dealkylation sites (N-methyl/N-ethyl adjacent to an activating group) is 1. The summed E-state index contributed by atoms with van der Waals surface area (Å²) in [5.41, 5.74) is 0. The standard InChI is InChI=1S/C7H17N3O2S/c1-2-8-5-6-9-13(11,12)10-7-3-4-7/h7-10H,2-6H2,1H3. The van der Waals surface area contributed by atoms with E-state index in [0.717, 1.165) is 19.4 Å². The van der Waals surface area contributed by atoms with Crippen molar-refractivity contribution in [1.82, 2.24) is 14.8 Å². The molecule has 78 valence electrons. The van der Waals surface area contributed by atoms with Gasteiger partial charge in [0.25, 0.3) is 10.2 Å². The highest BCUT2D eigenvalue weighted by Gasteiger charge is 2.26. The molecule has 1 saturated carbocycles. The van der Waals surface area contributed by atoms with Crippen LogP contribution < -0.4 is 14.8 Å². The van der Waals surface area contributed by atoms with Crippen LogP contribution in [0.4, 0.5) is 0 Å². The van der Waals surface area contributed by atoms with Gasteiger partial charge in [-0.25, -0.2) is 4.72 Å². The summed E-state index contributed by atoms with van der Waals surface area (Å²) in [6.07, 6.45) is 1.93. The van der Waals surface area contributed by atoms with Gasteiger partial charge >= 0.3 is 0 Å². The fourth-order valence-corrected chi connectivity index (χ4v) is 2.04. The summed E-state index contributed by atoms with van der Waals surface area (Å²) in [5.74, 6) is 0. The molecular formula is C7H17N3O2S. The Kier molecular flexibility index (Phi) is 4.11. The summed E-state index contributed by atoms with van der Waals surface area (Å²) in [4.78, 5) is 0. The Labute approximate surface area is 79.5 Å². The molecule has 0 saturated heterocycles. The molecule has 13 heavy (non-hydrogen) atoms. The van der Waals surface area contributed by atoms with Gasteiger partial charge in [0.05, 0.1) is 0 Å². The van der Waals surface area contributed by atoms with Crippen molar-refractivity contribution in [2.75, 3.05) is 19.6 Å². The molecule has 5 nitrogen and oxygen atoms in total. The van der Waals surface area contributed by atoms with Crippen LogP contribution in [0, 0.1) is 0 Å². The predicted molar refractivity (Wildman–Crippen MR) is 51.6 cm³/mol. The maximum Gasteiger partial charge on any atom is 0.277 e. The van der Waals surface area contributed by atoms with E-state index >= 15 is 0 Å². The van der Waals surface area contributed by atoms with Crippen LogP contribution in [-0.2, 0) is 10.2 Å². The van der Waals surface area contributed by atoms with Crippen molar-refractivity contribution in [3.05, 3.63) is 0 Å². The van der Waals surface area contributed by atoms with Gasteiger partial charge in [0.2, 0.25) is 0 Å². The normalized spacial score (nSPS) is 17.6. The van der Waals surface area contributed by atoms with Gasteiger partial charge in [-0.3, -0.25) is 0 Å². The summed E-state index contributed by atoms with van der Waals surface area (Å²) in [6, 6.07) is 0.177. The molecule has 1 aliphatic carbocycles. The Hall–Kier alpha value is -0.170. The Morgan fingerprint density at radius 2 is 2.00 bits per heavy atom. The van der Waals surface area contributed by atoms with Gasteiger partial charge in [-0.2, -0.15) is 13.1 Å². The molecule has 0 bridgehead atoms. The number of nitrogens with one attached hydrogen (secondary N) is 3. The van der Waals surface area contributed by atoms with Gasteiger partial charge in [0.15, 0.2) is 0 Å². The minimum absolute atomic E-state index is 0.177. The van der Waals surface area contributed by atoms with Crippen LogP contribution in [0.2, 0.25) is 0 Å². The molecule has 0 spiro atoms. The number of rotatable bonds is 7. The first kappa shape index (κ1) is 10.9. The molecule has 1 rings (SSSR count). The molecular weight excluding hydrogens is 190 g/mol. The van der Waals surface area contributed by atoms with Crippen molar-refractivity contribution >= 4 is 10.2 Å². The SMILES string of the molecule is CCNCCNS(=O)(=O)NC1CC1. The average molecular weight is 207 g/mol. The molecule has 0 aromatic carbocycles. The first-order chi connectivity index (χ1) is 6.14. The molecule has 0 heterocycles. The molecule has 1 aliphatic rings. The van der Waals surface area contributed by atoms with Crippen LogP contribution in [0.15, 0.2) is 0 Å². The minimum Gasteiger partial charge on any atom is -0.316 e. The fraction of sp³-hybridized carbons (Fsp3) is 1.00. The minimum atomic E-state index is -3.24. The third-order valence-corrected chi connectivity index (χ3v) is 2.97. The first-order valence-corrected chi connectivity index (χ1v) is 6.10. The molecule has 1 fully saturated rings. The van der Waals surface area contributed by atoms with E-state index in [2.05, 4.69) is 14.8 Å². The molecule has 6 heteroatoms. The second-order valence-electron chi connectivity index (χ2n) is 3.14. The van der Waals surface area contributed by atoms with Crippen molar-refractivity contribution in [3.63, 3.8) is 0 Å². The predicted octanol–water partition coefficient (Wildman–Crippen LogP) is -0.818. The second-order valence-corrected chi connectivity index (χ2v) is 4.67. The Morgan fingerprint density at radius 1 is 1.31 bits per heavy atom.